The summed E-state index contributed by atoms with van der Waals surface area (Å²) in [5.41, 5.74) is 11.9. The Kier molecular flexibility index (Phi) is 5.88. The minimum absolute atomic E-state index is 0.0672. The van der Waals surface area contributed by atoms with Crippen LogP contribution in [0, 0.1) is 0 Å². The quantitative estimate of drug-likeness (QED) is 0.299. The van der Waals surface area contributed by atoms with Crippen LogP contribution in [0.5, 0.6) is 0 Å². The smallest absolute Gasteiger partial charge is 0.417 e. The number of hydrogen-bond acceptors (Lipinski definition) is 5. The molecule has 1 aliphatic rings. The summed E-state index contributed by atoms with van der Waals surface area (Å²) in [7, 11) is 0. The van der Waals surface area contributed by atoms with Gasteiger partial charge in [-0.2, -0.15) is 0 Å². The van der Waals surface area contributed by atoms with E-state index < -0.39 is 30.0 Å². The molecule has 8 nitrogen and oxygen atoms in total. The van der Waals surface area contributed by atoms with E-state index >= 15 is 0 Å². The van der Waals surface area contributed by atoms with E-state index in [4.69, 9.17) is 4.74 Å². The first-order chi connectivity index (χ1) is 15.1. The lowest BCUT2D eigenvalue weighted by Gasteiger charge is -2.26. The fraction of sp³-hybridized carbons (Fsp3) is 0.273. The number of carbonyl (C=O) groups is 2. The van der Waals surface area contributed by atoms with Crippen LogP contribution in [0.2, 0.25) is 0 Å². The summed E-state index contributed by atoms with van der Waals surface area (Å²) in [5, 5.41) is 4.79. The van der Waals surface area contributed by atoms with Crippen molar-refractivity contribution >= 4 is 34.9 Å². The number of cyclic esters (lactones) is 1. The van der Waals surface area contributed by atoms with Gasteiger partial charge in [0.25, 0.3) is 0 Å². The molecule has 3 atom stereocenters. The highest BCUT2D eigenvalue weighted by Gasteiger charge is 2.43. The minimum atomic E-state index is -1.09. The lowest BCUT2D eigenvalue weighted by atomic mass is 9.92. The highest BCUT2D eigenvalue weighted by molar-refractivity contribution is 7.97. The molecule has 0 aliphatic carbocycles. The Labute approximate surface area is 183 Å². The second-order valence-electron chi connectivity index (χ2n) is 7.26. The Balaban J connectivity index is 1.73. The second kappa shape index (κ2) is 8.75. The van der Waals surface area contributed by atoms with Crippen LogP contribution in [-0.2, 0) is 9.53 Å². The zero-order chi connectivity index (χ0) is 22.0. The third kappa shape index (κ3) is 3.73. The molecule has 1 aliphatic heterocycles. The van der Waals surface area contributed by atoms with Crippen molar-refractivity contribution in [3.8, 4) is 0 Å². The van der Waals surface area contributed by atoms with Crippen molar-refractivity contribution in [2.45, 2.75) is 24.9 Å². The van der Waals surface area contributed by atoms with Crippen LogP contribution >= 0.6 is 11.9 Å². The number of imide groups is 1. The Bertz CT molecular complexity index is 1170. The van der Waals surface area contributed by atoms with Gasteiger partial charge in [-0.25, -0.2) is 9.69 Å². The molecule has 9 heteroatoms. The number of fused-ring (bicyclic) bond motifs is 1. The zero-order valence-corrected chi connectivity index (χ0v) is 17.9. The molecule has 158 valence electrons. The number of rotatable bonds is 6. The number of para-hydroxylation sites is 1. The Hall–Kier alpha value is -3.42. The van der Waals surface area contributed by atoms with E-state index in [-0.39, 0.29) is 6.61 Å². The van der Waals surface area contributed by atoms with Crippen LogP contribution in [0.4, 0.5) is 4.79 Å². The third-order valence-electron chi connectivity index (χ3n) is 5.59. The maximum atomic E-state index is 13.5. The predicted octanol–water partition coefficient (Wildman–Crippen LogP) is 5.27. The fourth-order valence-corrected chi connectivity index (χ4v) is 4.58. The van der Waals surface area contributed by atoms with Gasteiger partial charge in [-0.1, -0.05) is 60.6 Å². The lowest BCUT2D eigenvalue weighted by molar-refractivity contribution is -0.131. The fourth-order valence-electron chi connectivity index (χ4n) is 4.01. The van der Waals surface area contributed by atoms with E-state index in [1.54, 1.807) is 0 Å². The Morgan fingerprint density at radius 2 is 1.94 bits per heavy atom. The van der Waals surface area contributed by atoms with Crippen molar-refractivity contribution in [2.24, 2.45) is 5.11 Å². The number of aromatic nitrogens is 1. The van der Waals surface area contributed by atoms with Crippen LogP contribution in [0.15, 0.2) is 65.9 Å². The molecule has 0 unspecified atom stereocenters. The van der Waals surface area contributed by atoms with Gasteiger partial charge in [-0.05, 0) is 34.7 Å². The summed E-state index contributed by atoms with van der Waals surface area (Å²) in [6.07, 6.45) is 3.18. The van der Waals surface area contributed by atoms with E-state index in [2.05, 4.69) is 10.0 Å². The molecule has 0 N–H and O–H groups in total. The topological polar surface area (TPSA) is 100 Å². The van der Waals surface area contributed by atoms with Gasteiger partial charge in [0.2, 0.25) is 5.91 Å². The van der Waals surface area contributed by atoms with Crippen LogP contribution in [0.1, 0.15) is 30.0 Å². The molecule has 3 aromatic rings. The predicted molar refractivity (Wildman–Crippen MR) is 120 cm³/mol. The zero-order valence-electron chi connectivity index (χ0n) is 17.1. The van der Waals surface area contributed by atoms with Gasteiger partial charge in [0, 0.05) is 28.7 Å². The normalized spacial score (nSPS) is 17.8. The average molecular weight is 436 g/mol. The third-order valence-corrected chi connectivity index (χ3v) is 6.29. The van der Waals surface area contributed by atoms with Crippen LogP contribution < -0.4 is 0 Å². The van der Waals surface area contributed by atoms with E-state index in [0.29, 0.717) is 0 Å². The SMILES string of the molecule is CSn1cc([C@H](C)[C@H](N=[N+]=[N-])C(=O)N2C(=O)OC[C@H]2c2ccccc2)c2ccccc21. The van der Waals surface area contributed by atoms with Gasteiger partial charge in [-0.15, -0.1) is 0 Å². The average Bonchev–Trinajstić information content (AvgIpc) is 3.38. The highest BCUT2D eigenvalue weighted by Crippen LogP contribution is 2.35. The summed E-state index contributed by atoms with van der Waals surface area (Å²) in [6, 6.07) is 15.4. The van der Waals surface area contributed by atoms with Gasteiger partial charge in [0.15, 0.2) is 0 Å². The second-order valence-corrected chi connectivity index (χ2v) is 8.02. The number of amides is 2. The van der Waals surface area contributed by atoms with Crippen LogP contribution in [-0.4, -0.2) is 39.8 Å². The van der Waals surface area contributed by atoms with E-state index in [1.807, 2.05) is 77.9 Å². The molecule has 2 heterocycles. The molecule has 1 aromatic heterocycles. The number of ether oxygens (including phenoxy) is 1. The summed E-state index contributed by atoms with van der Waals surface area (Å²) in [4.78, 5) is 30.0. The molecular weight excluding hydrogens is 414 g/mol. The largest absolute Gasteiger partial charge is 0.446 e. The van der Waals surface area contributed by atoms with Crippen molar-refractivity contribution in [1.29, 1.82) is 0 Å². The lowest BCUT2D eigenvalue weighted by Crippen LogP contribution is -2.42. The molecule has 1 saturated heterocycles. The van der Waals surface area contributed by atoms with Gasteiger partial charge < -0.3 is 4.74 Å². The molecule has 2 aromatic carbocycles. The van der Waals surface area contributed by atoms with Crippen LogP contribution in [0.25, 0.3) is 21.3 Å². The highest BCUT2D eigenvalue weighted by atomic mass is 32.2. The van der Waals surface area contributed by atoms with E-state index in [1.165, 1.54) is 11.9 Å². The standard InChI is InChI=1S/C22H21N5O3S/c1-14(17-12-26(31-2)18-11-7-6-10-16(17)18)20(24-25-23)21(28)27-19(13-30-22(27)29)15-8-4-3-5-9-15/h3-12,14,19-20H,13H2,1-2H3/t14-,19-,20-/m0/s1. The van der Waals surface area contributed by atoms with Gasteiger partial charge >= 0.3 is 6.09 Å². The minimum Gasteiger partial charge on any atom is -0.446 e. The monoisotopic (exact) mass is 435 g/mol. The Morgan fingerprint density at radius 3 is 2.65 bits per heavy atom. The van der Waals surface area contributed by atoms with Gasteiger partial charge in [-0.3, -0.25) is 8.77 Å². The molecular formula is C22H21N5O3S. The number of benzene rings is 2. The van der Waals surface area contributed by atoms with Crippen LogP contribution in [0.3, 0.4) is 0 Å². The molecule has 1 fully saturated rings. The molecule has 0 spiro atoms. The summed E-state index contributed by atoms with van der Waals surface area (Å²) in [5.74, 6) is -1.02. The van der Waals surface area contributed by atoms with Gasteiger partial charge in [0.1, 0.15) is 18.7 Å². The van der Waals surface area contributed by atoms with E-state index in [0.717, 1.165) is 26.9 Å². The van der Waals surface area contributed by atoms with E-state index in [9.17, 15) is 15.1 Å². The molecule has 0 saturated carbocycles. The number of nitrogens with zero attached hydrogens (tertiary/aromatic N) is 5. The van der Waals surface area contributed by atoms with Crippen molar-refractivity contribution in [1.82, 2.24) is 8.87 Å². The number of azide groups is 1. The maximum Gasteiger partial charge on any atom is 0.417 e. The first-order valence-corrected chi connectivity index (χ1v) is 11.0. The summed E-state index contributed by atoms with van der Waals surface area (Å²) in [6.45, 7) is 1.90. The van der Waals surface area contributed by atoms with Crippen molar-refractivity contribution in [3.05, 3.63) is 82.4 Å². The van der Waals surface area contributed by atoms with Gasteiger partial charge in [0.05, 0.1) is 5.52 Å². The van der Waals surface area contributed by atoms with Crippen molar-refractivity contribution < 1.29 is 14.3 Å². The van der Waals surface area contributed by atoms with Crippen molar-refractivity contribution in [3.63, 3.8) is 0 Å². The number of hydrogen-bond donors (Lipinski definition) is 0. The molecule has 2 amide bonds. The molecule has 0 radical (unpaired) electrons. The summed E-state index contributed by atoms with van der Waals surface area (Å²) >= 11 is 1.54. The number of carbonyl (C=O) groups excluding carboxylic acids is 2. The summed E-state index contributed by atoms with van der Waals surface area (Å²) < 4.78 is 7.19. The first-order valence-electron chi connectivity index (χ1n) is 9.80. The molecule has 31 heavy (non-hydrogen) atoms. The Morgan fingerprint density at radius 1 is 1.23 bits per heavy atom. The molecule has 4 rings (SSSR count). The van der Waals surface area contributed by atoms with Crippen molar-refractivity contribution in [2.75, 3.05) is 12.9 Å². The molecule has 0 bridgehead atoms. The maximum absolute atomic E-state index is 13.5. The first kappa shape index (κ1) is 20.8.